The molecule has 0 aliphatic rings. The third kappa shape index (κ3) is 4.21. The Bertz CT molecular complexity index is 2410. The number of benzene rings is 6. The molecule has 0 radical (unpaired) electrons. The lowest BCUT2D eigenvalue weighted by Crippen LogP contribution is -2.00. The third-order valence-electron chi connectivity index (χ3n) is 8.17. The summed E-state index contributed by atoms with van der Waals surface area (Å²) in [5.74, 6) is -0.152. The fourth-order valence-electron chi connectivity index (χ4n) is 6.28. The van der Waals surface area contributed by atoms with E-state index in [4.69, 9.17) is 6.85 Å². The van der Waals surface area contributed by atoms with E-state index in [-0.39, 0.29) is 5.82 Å². The molecule has 0 aliphatic heterocycles. The highest BCUT2D eigenvalue weighted by Gasteiger charge is 2.18. The molecule has 0 N–H and O–H groups in total. The summed E-state index contributed by atoms with van der Waals surface area (Å²) in [7, 11) is 0. The van der Waals surface area contributed by atoms with Crippen molar-refractivity contribution in [3.05, 3.63) is 152 Å². The molecule has 2 aromatic heterocycles. The maximum atomic E-state index is 8.66. The molecule has 0 bridgehead atoms. The molecule has 6 aromatic carbocycles. The number of pyridine rings is 1. The Morgan fingerprint density at radius 3 is 1.91 bits per heavy atom. The molecule has 8 aromatic rings. The van der Waals surface area contributed by atoms with Gasteiger partial charge < -0.3 is 0 Å². The van der Waals surface area contributed by atoms with Gasteiger partial charge in [0.05, 0.1) is 11.0 Å². The Hall–Kier alpha value is -5.54. The average molecular weight is 557 g/mol. The first-order chi connectivity index (χ1) is 23.2. The molecular weight excluding hydrogens is 522 g/mol. The van der Waals surface area contributed by atoms with Crippen molar-refractivity contribution < 1.29 is 6.85 Å². The minimum Gasteiger partial charge on any atom is -0.296 e. The van der Waals surface area contributed by atoms with Crippen LogP contribution < -0.4 is 0 Å². The van der Waals surface area contributed by atoms with Gasteiger partial charge >= 0.3 is 0 Å². The first-order valence-corrected chi connectivity index (χ1v) is 14.3. The SMILES string of the molecule is [2H]C([2H])([2H])C([2H])([2H])c1nc2ccccc2n1-c1cccc(-c2c3ccccc3c(-c3ccc(-c4cccnc4)cc3)c3ccccc23)c1. The molecule has 0 aliphatic carbocycles. The van der Waals surface area contributed by atoms with Crippen molar-refractivity contribution >= 4 is 32.6 Å². The maximum Gasteiger partial charge on any atom is 0.114 e. The molecule has 0 spiro atoms. The zero-order valence-corrected chi connectivity index (χ0v) is 23.2. The second-order valence-corrected chi connectivity index (χ2v) is 10.6. The molecule has 8 rings (SSSR count). The van der Waals surface area contributed by atoms with Gasteiger partial charge in [-0.25, -0.2) is 4.98 Å². The van der Waals surface area contributed by atoms with E-state index in [9.17, 15) is 0 Å². The van der Waals surface area contributed by atoms with Crippen LogP contribution in [-0.2, 0) is 6.37 Å². The van der Waals surface area contributed by atoms with Gasteiger partial charge in [-0.15, -0.1) is 0 Å². The number of imidazole rings is 1. The van der Waals surface area contributed by atoms with E-state index < -0.39 is 13.2 Å². The van der Waals surface area contributed by atoms with Gasteiger partial charge in [0.2, 0.25) is 0 Å². The van der Waals surface area contributed by atoms with E-state index in [1.807, 2.05) is 60.8 Å². The minimum atomic E-state index is -2.91. The molecule has 43 heavy (non-hydrogen) atoms. The third-order valence-corrected chi connectivity index (χ3v) is 8.17. The number of hydrogen-bond acceptors (Lipinski definition) is 2. The van der Waals surface area contributed by atoms with Gasteiger partial charge in [0, 0.05) is 31.3 Å². The van der Waals surface area contributed by atoms with Crippen LogP contribution >= 0.6 is 0 Å². The van der Waals surface area contributed by atoms with Crippen molar-refractivity contribution in [3.8, 4) is 39.1 Å². The van der Waals surface area contributed by atoms with Crippen LogP contribution in [0.1, 0.15) is 19.5 Å². The summed E-state index contributed by atoms with van der Waals surface area (Å²) in [5, 5.41) is 4.37. The quantitative estimate of drug-likeness (QED) is 0.197. The lowest BCUT2D eigenvalue weighted by Gasteiger charge is -2.18. The Labute approximate surface area is 257 Å². The number of aromatic nitrogens is 3. The lowest BCUT2D eigenvalue weighted by molar-refractivity contribution is 0.908. The van der Waals surface area contributed by atoms with Crippen LogP contribution in [0.2, 0.25) is 0 Å². The van der Waals surface area contributed by atoms with Gasteiger partial charge in [0.25, 0.3) is 0 Å². The number of nitrogens with zero attached hydrogens (tertiary/aromatic N) is 3. The van der Waals surface area contributed by atoms with Crippen molar-refractivity contribution in [1.29, 1.82) is 0 Å². The van der Waals surface area contributed by atoms with Crippen molar-refractivity contribution in [1.82, 2.24) is 14.5 Å². The highest BCUT2D eigenvalue weighted by atomic mass is 15.1. The lowest BCUT2D eigenvalue weighted by atomic mass is 9.85. The van der Waals surface area contributed by atoms with Gasteiger partial charge in [-0.1, -0.05) is 110 Å². The summed E-state index contributed by atoms with van der Waals surface area (Å²) in [5.41, 5.74) is 8.19. The predicted molar refractivity (Wildman–Crippen MR) is 180 cm³/mol. The summed E-state index contributed by atoms with van der Waals surface area (Å²) in [6.07, 6.45) is 0.963. The number of para-hydroxylation sites is 2. The van der Waals surface area contributed by atoms with Crippen LogP contribution in [0.4, 0.5) is 0 Å². The molecule has 0 unspecified atom stereocenters. The van der Waals surface area contributed by atoms with Gasteiger partial charge in [-0.2, -0.15) is 0 Å². The van der Waals surface area contributed by atoms with Crippen LogP contribution in [0.3, 0.4) is 0 Å². The predicted octanol–water partition coefficient (Wildman–Crippen LogP) is 10.3. The molecule has 204 valence electrons. The van der Waals surface area contributed by atoms with Crippen LogP contribution in [0.15, 0.2) is 146 Å². The van der Waals surface area contributed by atoms with Crippen LogP contribution in [-0.4, -0.2) is 14.5 Å². The number of rotatable bonds is 5. The van der Waals surface area contributed by atoms with Crippen molar-refractivity contribution in [2.75, 3.05) is 0 Å². The molecule has 3 heteroatoms. The molecule has 0 fully saturated rings. The first kappa shape index (κ1) is 20.4. The molecule has 0 saturated heterocycles. The van der Waals surface area contributed by atoms with E-state index >= 15 is 0 Å². The minimum absolute atomic E-state index is 0.152. The summed E-state index contributed by atoms with van der Waals surface area (Å²) in [6, 6.07) is 44.6. The zero-order valence-electron chi connectivity index (χ0n) is 28.2. The fourth-order valence-corrected chi connectivity index (χ4v) is 6.28. The molecule has 3 nitrogen and oxygen atoms in total. The van der Waals surface area contributed by atoms with E-state index in [1.54, 1.807) is 16.8 Å². The first-order valence-electron chi connectivity index (χ1n) is 16.8. The summed E-state index contributed by atoms with van der Waals surface area (Å²) in [6.45, 7) is -2.91. The highest BCUT2D eigenvalue weighted by molar-refractivity contribution is 6.21. The van der Waals surface area contributed by atoms with Gasteiger partial charge in [-0.3, -0.25) is 9.55 Å². The number of fused-ring (bicyclic) bond motifs is 3. The zero-order chi connectivity index (χ0) is 33.0. The number of aryl methyl sites for hydroxylation is 1. The Morgan fingerprint density at radius 2 is 1.23 bits per heavy atom. The highest BCUT2D eigenvalue weighted by Crippen LogP contribution is 2.44. The fraction of sp³-hybridized carbons (Fsp3) is 0.0500. The standard InChI is InChI=1S/C40H29N3/c1-2-38-42-36-18-7-8-19-37(36)43(38)31-13-9-11-29(25-31)40-34-16-5-3-14-32(34)39(33-15-4-6-17-35(33)40)28-22-20-27(21-23-28)30-12-10-24-41-26-30/h3-26H,2H2,1H3/i1D3,2D2. The molecular formula is C40H29N3. The Balaban J connectivity index is 1.36. The summed E-state index contributed by atoms with van der Waals surface area (Å²) in [4.78, 5) is 8.80. The second-order valence-electron chi connectivity index (χ2n) is 10.6. The van der Waals surface area contributed by atoms with E-state index in [1.165, 1.54) is 0 Å². The smallest absolute Gasteiger partial charge is 0.114 e. The Kier molecular flexibility index (Phi) is 4.91. The molecule has 0 amide bonds. The van der Waals surface area contributed by atoms with Crippen LogP contribution in [0.25, 0.3) is 71.6 Å². The molecule has 2 heterocycles. The Morgan fingerprint density at radius 1 is 0.605 bits per heavy atom. The van der Waals surface area contributed by atoms with Crippen LogP contribution in [0.5, 0.6) is 0 Å². The average Bonchev–Trinajstić information content (AvgIpc) is 3.51. The summed E-state index contributed by atoms with van der Waals surface area (Å²) >= 11 is 0. The topological polar surface area (TPSA) is 30.7 Å². The largest absolute Gasteiger partial charge is 0.296 e. The van der Waals surface area contributed by atoms with Gasteiger partial charge in [-0.05, 0) is 85.3 Å². The summed E-state index contributed by atoms with van der Waals surface area (Å²) < 4.78 is 43.0. The van der Waals surface area contributed by atoms with Gasteiger partial charge in [0.15, 0.2) is 0 Å². The monoisotopic (exact) mass is 556 g/mol. The van der Waals surface area contributed by atoms with Gasteiger partial charge in [0.1, 0.15) is 5.82 Å². The van der Waals surface area contributed by atoms with Crippen molar-refractivity contribution in [3.63, 3.8) is 0 Å². The van der Waals surface area contributed by atoms with E-state index in [0.29, 0.717) is 16.7 Å². The van der Waals surface area contributed by atoms with Crippen LogP contribution in [0, 0.1) is 0 Å². The molecule has 0 atom stereocenters. The molecule has 0 saturated carbocycles. The van der Waals surface area contributed by atoms with E-state index in [2.05, 4.69) is 82.8 Å². The normalized spacial score (nSPS) is 13.8. The van der Waals surface area contributed by atoms with Crippen molar-refractivity contribution in [2.45, 2.75) is 13.2 Å². The number of hydrogen-bond donors (Lipinski definition) is 0. The van der Waals surface area contributed by atoms with Crippen molar-refractivity contribution in [2.24, 2.45) is 0 Å². The second kappa shape index (κ2) is 10.4. The maximum absolute atomic E-state index is 8.66. The van der Waals surface area contributed by atoms with E-state index in [0.717, 1.165) is 54.9 Å².